The van der Waals surface area contributed by atoms with Crippen molar-refractivity contribution in [3.8, 4) is 0 Å². The number of carbonyl (C=O) groups is 1. The standard InChI is InChI=1S/C21H24FN3O4S/c1-3-29-17-10-16-12-24(11-15-5-4-8-23-20(15)25(16)13-17)21(26)14-6-7-18(22)19(9-14)30(2,27)28/h4-9,16-17H,3,10-13H2,1-2H3/t16-,17+/m0/s1. The molecule has 1 aromatic carbocycles. The second-order valence-corrected chi connectivity index (χ2v) is 9.69. The summed E-state index contributed by atoms with van der Waals surface area (Å²) < 4.78 is 43.6. The summed E-state index contributed by atoms with van der Waals surface area (Å²) in [6.45, 7) is 4.08. The number of hydrogen-bond acceptors (Lipinski definition) is 6. The van der Waals surface area contributed by atoms with Gasteiger partial charge in [-0.25, -0.2) is 17.8 Å². The number of benzene rings is 1. The van der Waals surface area contributed by atoms with Crippen molar-refractivity contribution in [3.05, 3.63) is 53.5 Å². The molecular formula is C21H24FN3O4S. The van der Waals surface area contributed by atoms with E-state index in [1.54, 1.807) is 11.1 Å². The first-order valence-corrected chi connectivity index (χ1v) is 11.8. The van der Waals surface area contributed by atoms with Gasteiger partial charge < -0.3 is 14.5 Å². The van der Waals surface area contributed by atoms with Gasteiger partial charge in [0.05, 0.1) is 12.1 Å². The molecule has 2 aliphatic heterocycles. The molecule has 1 saturated heterocycles. The molecule has 3 heterocycles. The molecule has 30 heavy (non-hydrogen) atoms. The summed E-state index contributed by atoms with van der Waals surface area (Å²) in [4.78, 5) is 21.2. The molecular weight excluding hydrogens is 409 g/mol. The molecule has 1 aromatic heterocycles. The van der Waals surface area contributed by atoms with E-state index in [2.05, 4.69) is 9.88 Å². The lowest BCUT2D eigenvalue weighted by Crippen LogP contribution is -2.40. The lowest BCUT2D eigenvalue weighted by Gasteiger charge is -2.26. The number of rotatable bonds is 4. The van der Waals surface area contributed by atoms with Gasteiger partial charge in [0.2, 0.25) is 0 Å². The Bertz CT molecular complexity index is 1080. The number of halogens is 1. The van der Waals surface area contributed by atoms with Crippen LogP contribution in [0.15, 0.2) is 41.4 Å². The Morgan fingerprint density at radius 2 is 2.10 bits per heavy atom. The van der Waals surface area contributed by atoms with Crippen LogP contribution in [0.25, 0.3) is 0 Å². The van der Waals surface area contributed by atoms with E-state index in [9.17, 15) is 17.6 Å². The zero-order valence-electron chi connectivity index (χ0n) is 16.9. The summed E-state index contributed by atoms with van der Waals surface area (Å²) in [5, 5.41) is 0. The van der Waals surface area contributed by atoms with E-state index in [1.807, 2.05) is 19.1 Å². The third kappa shape index (κ3) is 3.91. The quantitative estimate of drug-likeness (QED) is 0.736. The van der Waals surface area contributed by atoms with Gasteiger partial charge in [-0.15, -0.1) is 0 Å². The average molecular weight is 434 g/mol. The molecule has 1 fully saturated rings. The number of pyridine rings is 1. The zero-order valence-corrected chi connectivity index (χ0v) is 17.7. The molecule has 9 heteroatoms. The van der Waals surface area contributed by atoms with Crippen LogP contribution in [0.4, 0.5) is 10.2 Å². The fourth-order valence-electron chi connectivity index (χ4n) is 4.26. The second kappa shape index (κ2) is 7.96. The minimum Gasteiger partial charge on any atom is -0.377 e. The van der Waals surface area contributed by atoms with Crippen molar-refractivity contribution in [2.75, 3.05) is 30.9 Å². The summed E-state index contributed by atoms with van der Waals surface area (Å²) in [7, 11) is -3.78. The van der Waals surface area contributed by atoms with Crippen LogP contribution in [0.3, 0.4) is 0 Å². The molecule has 4 rings (SSSR count). The lowest BCUT2D eigenvalue weighted by atomic mass is 10.1. The molecule has 1 amide bonds. The Morgan fingerprint density at radius 3 is 2.83 bits per heavy atom. The highest BCUT2D eigenvalue weighted by atomic mass is 32.2. The van der Waals surface area contributed by atoms with Crippen LogP contribution in [0.1, 0.15) is 29.3 Å². The number of anilines is 1. The Hall–Kier alpha value is -2.52. The molecule has 0 spiro atoms. The summed E-state index contributed by atoms with van der Waals surface area (Å²) >= 11 is 0. The highest BCUT2D eigenvalue weighted by Gasteiger charge is 2.39. The summed E-state index contributed by atoms with van der Waals surface area (Å²) in [6.07, 6.45) is 3.50. The topological polar surface area (TPSA) is 79.8 Å². The Balaban J connectivity index is 1.68. The van der Waals surface area contributed by atoms with Gasteiger partial charge in [-0.05, 0) is 37.6 Å². The van der Waals surface area contributed by atoms with Gasteiger partial charge in [0.15, 0.2) is 9.84 Å². The van der Waals surface area contributed by atoms with Gasteiger partial charge in [0.1, 0.15) is 16.5 Å². The van der Waals surface area contributed by atoms with Crippen molar-refractivity contribution < 1.29 is 22.3 Å². The maximum Gasteiger partial charge on any atom is 0.254 e. The Morgan fingerprint density at radius 1 is 1.30 bits per heavy atom. The largest absolute Gasteiger partial charge is 0.377 e. The van der Waals surface area contributed by atoms with Gasteiger partial charge in [0, 0.05) is 49.8 Å². The predicted molar refractivity (Wildman–Crippen MR) is 110 cm³/mol. The monoisotopic (exact) mass is 433 g/mol. The molecule has 0 saturated carbocycles. The maximum atomic E-state index is 14.0. The van der Waals surface area contributed by atoms with E-state index in [-0.39, 0.29) is 23.6 Å². The van der Waals surface area contributed by atoms with E-state index in [0.717, 1.165) is 36.2 Å². The smallest absolute Gasteiger partial charge is 0.254 e. The number of nitrogens with zero attached hydrogens (tertiary/aromatic N) is 3. The van der Waals surface area contributed by atoms with Crippen molar-refractivity contribution in [1.82, 2.24) is 9.88 Å². The molecule has 2 aliphatic rings. The molecule has 0 unspecified atom stereocenters. The average Bonchev–Trinajstić information content (AvgIpc) is 3.02. The van der Waals surface area contributed by atoms with Crippen molar-refractivity contribution >= 4 is 21.6 Å². The molecule has 0 radical (unpaired) electrons. The zero-order chi connectivity index (χ0) is 21.5. The molecule has 160 valence electrons. The van der Waals surface area contributed by atoms with Gasteiger partial charge in [0.25, 0.3) is 5.91 Å². The van der Waals surface area contributed by atoms with Crippen LogP contribution in [-0.2, 0) is 21.1 Å². The Labute approximate surface area is 175 Å². The number of amides is 1. The molecule has 0 N–H and O–H groups in total. The predicted octanol–water partition coefficient (Wildman–Crippen LogP) is 2.26. The highest BCUT2D eigenvalue weighted by molar-refractivity contribution is 7.90. The van der Waals surface area contributed by atoms with Gasteiger partial charge in [-0.3, -0.25) is 4.79 Å². The van der Waals surface area contributed by atoms with E-state index < -0.39 is 20.5 Å². The van der Waals surface area contributed by atoms with Crippen LogP contribution in [0.5, 0.6) is 0 Å². The molecule has 2 atom stereocenters. The normalized spacial score (nSPS) is 21.2. The van der Waals surface area contributed by atoms with Crippen LogP contribution < -0.4 is 4.90 Å². The number of sulfone groups is 1. The van der Waals surface area contributed by atoms with Crippen molar-refractivity contribution in [1.29, 1.82) is 0 Å². The van der Waals surface area contributed by atoms with Crippen LogP contribution in [-0.4, -0.2) is 62.3 Å². The minimum atomic E-state index is -3.78. The number of ether oxygens (including phenoxy) is 1. The van der Waals surface area contributed by atoms with Crippen molar-refractivity contribution in [2.24, 2.45) is 0 Å². The van der Waals surface area contributed by atoms with Crippen LogP contribution >= 0.6 is 0 Å². The molecule has 0 aliphatic carbocycles. The van der Waals surface area contributed by atoms with Crippen LogP contribution in [0.2, 0.25) is 0 Å². The second-order valence-electron chi connectivity index (χ2n) is 7.71. The number of aromatic nitrogens is 1. The fourth-order valence-corrected chi connectivity index (χ4v) is 5.02. The highest BCUT2D eigenvalue weighted by Crippen LogP contribution is 2.33. The van der Waals surface area contributed by atoms with Gasteiger partial charge >= 0.3 is 0 Å². The summed E-state index contributed by atoms with van der Waals surface area (Å²) in [5.74, 6) is -0.353. The van der Waals surface area contributed by atoms with E-state index >= 15 is 0 Å². The van der Waals surface area contributed by atoms with E-state index in [1.165, 1.54) is 6.07 Å². The number of hydrogen-bond donors (Lipinski definition) is 0. The summed E-state index contributed by atoms with van der Waals surface area (Å²) in [6, 6.07) is 7.29. The number of carbonyl (C=O) groups excluding carboxylic acids is 1. The SMILES string of the molecule is CCO[C@@H]1C[C@H]2CN(C(=O)c3ccc(F)c(S(C)(=O)=O)c3)Cc3cccnc3N2C1. The summed E-state index contributed by atoms with van der Waals surface area (Å²) in [5.41, 5.74) is 1.06. The van der Waals surface area contributed by atoms with Crippen molar-refractivity contribution in [3.63, 3.8) is 0 Å². The first kappa shape index (κ1) is 20.7. The maximum absolute atomic E-state index is 14.0. The van der Waals surface area contributed by atoms with Crippen molar-refractivity contribution in [2.45, 2.75) is 36.9 Å². The molecule has 2 aromatic rings. The first-order valence-electron chi connectivity index (χ1n) is 9.89. The third-order valence-electron chi connectivity index (χ3n) is 5.58. The Kier molecular flexibility index (Phi) is 5.50. The van der Waals surface area contributed by atoms with E-state index in [4.69, 9.17) is 4.74 Å². The van der Waals surface area contributed by atoms with Gasteiger partial charge in [-0.2, -0.15) is 0 Å². The molecule has 0 bridgehead atoms. The van der Waals surface area contributed by atoms with Crippen LogP contribution in [0, 0.1) is 5.82 Å². The van der Waals surface area contributed by atoms with Gasteiger partial charge in [-0.1, -0.05) is 6.07 Å². The van der Waals surface area contributed by atoms with E-state index in [0.29, 0.717) is 26.2 Å². The first-order chi connectivity index (χ1) is 14.3. The molecule has 7 nitrogen and oxygen atoms in total. The number of fused-ring (bicyclic) bond motifs is 3. The minimum absolute atomic E-state index is 0.0384. The lowest BCUT2D eigenvalue weighted by molar-refractivity contribution is 0.0678. The third-order valence-corrected chi connectivity index (χ3v) is 6.69. The fraction of sp³-hybridized carbons (Fsp3) is 0.429.